The summed E-state index contributed by atoms with van der Waals surface area (Å²) < 4.78 is 6.57. The van der Waals surface area contributed by atoms with Crippen LogP contribution in [-0.2, 0) is 0 Å². The van der Waals surface area contributed by atoms with Gasteiger partial charge in [-0.1, -0.05) is 6.07 Å². The summed E-state index contributed by atoms with van der Waals surface area (Å²) in [5.41, 5.74) is 5.45. The van der Waals surface area contributed by atoms with Crippen LogP contribution in [0.4, 0.5) is 11.5 Å². The Morgan fingerprint density at radius 2 is 1.80 bits per heavy atom. The smallest absolute Gasteiger partial charge is 0.145 e. The summed E-state index contributed by atoms with van der Waals surface area (Å²) in [5, 5.41) is 3.37. The maximum absolute atomic E-state index is 5.56. The van der Waals surface area contributed by atoms with E-state index >= 15 is 0 Å². The van der Waals surface area contributed by atoms with Gasteiger partial charge in [0, 0.05) is 4.47 Å². The molecule has 0 saturated heterocycles. The molecule has 2 rings (SSSR count). The second-order valence-electron chi connectivity index (χ2n) is 4.93. The number of aryl methyl sites for hydroxylation is 3. The minimum atomic E-state index is 0.815. The van der Waals surface area contributed by atoms with Gasteiger partial charge in [-0.3, -0.25) is 0 Å². The number of anilines is 2. The van der Waals surface area contributed by atoms with Gasteiger partial charge in [0.05, 0.1) is 18.5 Å². The number of rotatable bonds is 3. The minimum Gasteiger partial charge on any atom is -0.494 e. The first-order valence-electron chi connectivity index (χ1n) is 6.49. The van der Waals surface area contributed by atoms with Crippen LogP contribution in [0.5, 0.6) is 5.75 Å². The van der Waals surface area contributed by atoms with Crippen molar-refractivity contribution in [1.82, 2.24) is 4.98 Å². The highest BCUT2D eigenvalue weighted by molar-refractivity contribution is 9.10. The second-order valence-corrected chi connectivity index (χ2v) is 5.79. The van der Waals surface area contributed by atoms with Gasteiger partial charge in [-0.05, 0) is 72.4 Å². The zero-order chi connectivity index (χ0) is 14.9. The van der Waals surface area contributed by atoms with Crippen molar-refractivity contribution in [3.05, 3.63) is 45.1 Å². The van der Waals surface area contributed by atoms with Crippen molar-refractivity contribution in [3.63, 3.8) is 0 Å². The lowest BCUT2D eigenvalue weighted by molar-refractivity contribution is 0.413. The number of hydrogen-bond donors (Lipinski definition) is 1. The van der Waals surface area contributed by atoms with E-state index in [0.29, 0.717) is 0 Å². The first kappa shape index (κ1) is 14.9. The van der Waals surface area contributed by atoms with Crippen molar-refractivity contribution < 1.29 is 4.74 Å². The van der Waals surface area contributed by atoms with E-state index < -0.39 is 0 Å². The molecule has 1 N–H and O–H groups in total. The summed E-state index contributed by atoms with van der Waals surface area (Å²) >= 11 is 3.46. The Labute approximate surface area is 128 Å². The monoisotopic (exact) mass is 334 g/mol. The molecule has 0 fully saturated rings. The topological polar surface area (TPSA) is 34.1 Å². The van der Waals surface area contributed by atoms with Gasteiger partial charge in [-0.2, -0.15) is 0 Å². The average Bonchev–Trinajstić information content (AvgIpc) is 2.40. The van der Waals surface area contributed by atoms with Gasteiger partial charge in [-0.25, -0.2) is 4.98 Å². The average molecular weight is 335 g/mol. The molecule has 0 spiro atoms. The normalized spacial score (nSPS) is 10.5. The number of aromatic nitrogens is 1. The van der Waals surface area contributed by atoms with E-state index in [1.807, 2.05) is 19.1 Å². The van der Waals surface area contributed by atoms with Gasteiger partial charge in [0.25, 0.3) is 0 Å². The number of methoxy groups -OCH3 is 1. The van der Waals surface area contributed by atoms with Crippen LogP contribution in [-0.4, -0.2) is 12.1 Å². The maximum atomic E-state index is 5.56. The summed E-state index contributed by atoms with van der Waals surface area (Å²) in [7, 11) is 1.70. The fourth-order valence-electron chi connectivity index (χ4n) is 2.20. The highest BCUT2D eigenvalue weighted by Crippen LogP contribution is 2.36. The lowest BCUT2D eigenvalue weighted by atomic mass is 10.0. The molecule has 0 radical (unpaired) electrons. The van der Waals surface area contributed by atoms with Crippen molar-refractivity contribution in [2.45, 2.75) is 27.7 Å². The molecule has 1 aromatic carbocycles. The number of halogens is 1. The third-order valence-corrected chi connectivity index (χ3v) is 4.30. The molecule has 0 aliphatic carbocycles. The summed E-state index contributed by atoms with van der Waals surface area (Å²) in [6.07, 6.45) is 0. The summed E-state index contributed by atoms with van der Waals surface area (Å²) in [6.45, 7) is 8.21. The third kappa shape index (κ3) is 2.80. The second kappa shape index (κ2) is 5.83. The van der Waals surface area contributed by atoms with Crippen LogP contribution in [0.1, 0.15) is 22.4 Å². The van der Waals surface area contributed by atoms with E-state index in [0.717, 1.165) is 38.5 Å². The standard InChI is InChI=1S/C16H19BrN2O/c1-9-8-10(2)15(16(20-5)11(9)3)19-14-7-6-13(17)12(4)18-14/h6-8H,1-5H3,(H,18,19). The van der Waals surface area contributed by atoms with E-state index in [1.165, 1.54) is 5.56 Å². The van der Waals surface area contributed by atoms with Crippen molar-refractivity contribution >= 4 is 27.4 Å². The molecule has 1 aromatic heterocycles. The molecule has 2 aromatic rings. The Morgan fingerprint density at radius 3 is 2.40 bits per heavy atom. The maximum Gasteiger partial charge on any atom is 0.145 e. The van der Waals surface area contributed by atoms with Crippen LogP contribution in [0.3, 0.4) is 0 Å². The molecule has 0 bridgehead atoms. The number of ether oxygens (including phenoxy) is 1. The molecule has 0 atom stereocenters. The van der Waals surface area contributed by atoms with Gasteiger partial charge in [0.2, 0.25) is 0 Å². The Hall–Kier alpha value is -1.55. The van der Waals surface area contributed by atoms with E-state index in [-0.39, 0.29) is 0 Å². The molecule has 1 heterocycles. The molecule has 0 aliphatic rings. The molecule has 20 heavy (non-hydrogen) atoms. The zero-order valence-corrected chi connectivity index (χ0v) is 14.1. The van der Waals surface area contributed by atoms with E-state index in [1.54, 1.807) is 7.11 Å². The summed E-state index contributed by atoms with van der Waals surface area (Å²) in [6, 6.07) is 6.10. The lowest BCUT2D eigenvalue weighted by Gasteiger charge is -2.18. The van der Waals surface area contributed by atoms with Crippen LogP contribution in [0, 0.1) is 27.7 Å². The minimum absolute atomic E-state index is 0.815. The Kier molecular flexibility index (Phi) is 4.33. The SMILES string of the molecule is COc1c(C)c(C)cc(C)c1Nc1ccc(Br)c(C)n1. The van der Waals surface area contributed by atoms with Crippen molar-refractivity contribution in [2.75, 3.05) is 12.4 Å². The van der Waals surface area contributed by atoms with Crippen molar-refractivity contribution in [2.24, 2.45) is 0 Å². The van der Waals surface area contributed by atoms with Gasteiger partial charge >= 0.3 is 0 Å². The highest BCUT2D eigenvalue weighted by Gasteiger charge is 2.13. The van der Waals surface area contributed by atoms with Gasteiger partial charge in [0.15, 0.2) is 0 Å². The van der Waals surface area contributed by atoms with Gasteiger partial charge < -0.3 is 10.1 Å². The Bertz CT molecular complexity index is 653. The van der Waals surface area contributed by atoms with Crippen LogP contribution in [0.25, 0.3) is 0 Å². The molecule has 0 unspecified atom stereocenters. The molecule has 4 heteroatoms. The first-order valence-corrected chi connectivity index (χ1v) is 7.28. The van der Waals surface area contributed by atoms with Crippen molar-refractivity contribution in [3.8, 4) is 5.75 Å². The third-order valence-electron chi connectivity index (χ3n) is 3.47. The predicted octanol–water partition coefficient (Wildman–Crippen LogP) is 4.83. The Morgan fingerprint density at radius 1 is 1.10 bits per heavy atom. The fourth-order valence-corrected chi connectivity index (χ4v) is 2.42. The lowest BCUT2D eigenvalue weighted by Crippen LogP contribution is -2.02. The molecule has 0 saturated carbocycles. The molecular formula is C16H19BrN2O. The van der Waals surface area contributed by atoms with E-state index in [2.05, 4.69) is 53.1 Å². The molecule has 0 aliphatic heterocycles. The first-order chi connectivity index (χ1) is 9.43. The molecule has 0 amide bonds. The van der Waals surface area contributed by atoms with E-state index in [4.69, 9.17) is 4.74 Å². The van der Waals surface area contributed by atoms with Crippen molar-refractivity contribution in [1.29, 1.82) is 0 Å². The number of pyridine rings is 1. The van der Waals surface area contributed by atoms with Gasteiger partial charge in [-0.15, -0.1) is 0 Å². The quantitative estimate of drug-likeness (QED) is 0.872. The highest BCUT2D eigenvalue weighted by atomic mass is 79.9. The largest absolute Gasteiger partial charge is 0.494 e. The van der Waals surface area contributed by atoms with Gasteiger partial charge in [0.1, 0.15) is 11.6 Å². The fraction of sp³-hybridized carbons (Fsp3) is 0.312. The number of hydrogen-bond acceptors (Lipinski definition) is 3. The van der Waals surface area contributed by atoms with Crippen LogP contribution >= 0.6 is 15.9 Å². The number of nitrogens with one attached hydrogen (secondary N) is 1. The zero-order valence-electron chi connectivity index (χ0n) is 12.5. The Balaban J connectivity index is 2.47. The number of benzene rings is 1. The van der Waals surface area contributed by atoms with Crippen LogP contribution in [0.15, 0.2) is 22.7 Å². The van der Waals surface area contributed by atoms with Crippen LogP contribution in [0.2, 0.25) is 0 Å². The summed E-state index contributed by atoms with van der Waals surface area (Å²) in [4.78, 5) is 4.52. The molecule has 106 valence electrons. The molecular weight excluding hydrogens is 316 g/mol. The molecule has 3 nitrogen and oxygen atoms in total. The van der Waals surface area contributed by atoms with E-state index in [9.17, 15) is 0 Å². The number of nitrogens with zero attached hydrogens (tertiary/aromatic N) is 1. The van der Waals surface area contributed by atoms with Crippen LogP contribution < -0.4 is 10.1 Å². The predicted molar refractivity (Wildman–Crippen MR) is 87.2 cm³/mol. The summed E-state index contributed by atoms with van der Waals surface area (Å²) in [5.74, 6) is 1.69.